The molecule has 1 amide bonds. The van der Waals surface area contributed by atoms with E-state index in [1.54, 1.807) is 11.0 Å². The maximum atomic E-state index is 12.6. The Bertz CT molecular complexity index is 510. The topological polar surface area (TPSA) is 29.5 Å². The van der Waals surface area contributed by atoms with Crippen LogP contribution in [0, 0.1) is 5.92 Å². The third-order valence-corrected chi connectivity index (χ3v) is 4.17. The number of ether oxygens (including phenoxy) is 1. The molecule has 23 heavy (non-hydrogen) atoms. The lowest BCUT2D eigenvalue weighted by atomic mass is 9.89. The molecule has 1 fully saturated rings. The molecule has 3 nitrogen and oxygen atoms in total. The summed E-state index contributed by atoms with van der Waals surface area (Å²) in [4.78, 5) is 14.4. The summed E-state index contributed by atoms with van der Waals surface area (Å²) in [5.74, 6) is 0.493. The maximum Gasteiger partial charge on any atom is 0.387 e. The van der Waals surface area contributed by atoms with Gasteiger partial charge in [-0.15, -0.1) is 6.58 Å². The standard InChI is InChI=1S/C18H23F2NO2/c1-2-12-21(13-14-6-4-3-5-7-14)17(22)15-8-10-16(11-9-15)23-18(19)20/h2,8-11,14,18H,1,3-7,12-13H2. The van der Waals surface area contributed by atoms with Gasteiger partial charge in [0.05, 0.1) is 0 Å². The maximum absolute atomic E-state index is 12.6. The third kappa shape index (κ3) is 5.34. The number of alkyl halides is 2. The van der Waals surface area contributed by atoms with Gasteiger partial charge in [-0.05, 0) is 43.0 Å². The summed E-state index contributed by atoms with van der Waals surface area (Å²) in [5, 5.41) is 0. The number of benzene rings is 1. The molecule has 126 valence electrons. The summed E-state index contributed by atoms with van der Waals surface area (Å²) in [7, 11) is 0. The molecule has 0 atom stereocenters. The Morgan fingerprint density at radius 2 is 1.91 bits per heavy atom. The van der Waals surface area contributed by atoms with Crippen molar-refractivity contribution in [3.8, 4) is 5.75 Å². The van der Waals surface area contributed by atoms with Gasteiger partial charge in [-0.1, -0.05) is 25.3 Å². The van der Waals surface area contributed by atoms with Crippen LogP contribution in [0.25, 0.3) is 0 Å². The van der Waals surface area contributed by atoms with E-state index in [1.165, 1.54) is 43.5 Å². The second-order valence-corrected chi connectivity index (χ2v) is 5.91. The molecule has 1 saturated carbocycles. The summed E-state index contributed by atoms with van der Waals surface area (Å²) in [6.45, 7) is 2.07. The molecule has 0 spiro atoms. The minimum Gasteiger partial charge on any atom is -0.435 e. The van der Waals surface area contributed by atoms with Crippen molar-refractivity contribution in [3.05, 3.63) is 42.5 Å². The van der Waals surface area contributed by atoms with Gasteiger partial charge >= 0.3 is 6.61 Å². The van der Waals surface area contributed by atoms with E-state index in [-0.39, 0.29) is 11.7 Å². The lowest BCUT2D eigenvalue weighted by molar-refractivity contribution is -0.0498. The van der Waals surface area contributed by atoms with Crippen LogP contribution in [0.5, 0.6) is 5.75 Å². The number of amides is 1. The van der Waals surface area contributed by atoms with Crippen molar-refractivity contribution < 1.29 is 18.3 Å². The van der Waals surface area contributed by atoms with Gasteiger partial charge in [-0.25, -0.2) is 0 Å². The van der Waals surface area contributed by atoms with Gasteiger partial charge in [0.15, 0.2) is 0 Å². The highest BCUT2D eigenvalue weighted by molar-refractivity contribution is 5.94. The number of carbonyl (C=O) groups is 1. The van der Waals surface area contributed by atoms with Crippen LogP contribution in [0.2, 0.25) is 0 Å². The molecule has 0 aliphatic heterocycles. The molecule has 1 aliphatic rings. The first-order chi connectivity index (χ1) is 11.1. The van der Waals surface area contributed by atoms with E-state index in [4.69, 9.17) is 0 Å². The Hall–Kier alpha value is -1.91. The van der Waals surface area contributed by atoms with Crippen LogP contribution in [0.15, 0.2) is 36.9 Å². The number of carbonyl (C=O) groups excluding carboxylic acids is 1. The highest BCUT2D eigenvalue weighted by atomic mass is 19.3. The first-order valence-corrected chi connectivity index (χ1v) is 8.05. The van der Waals surface area contributed by atoms with Crippen LogP contribution >= 0.6 is 0 Å². The lowest BCUT2D eigenvalue weighted by Crippen LogP contribution is -2.36. The molecular formula is C18H23F2NO2. The smallest absolute Gasteiger partial charge is 0.387 e. The molecule has 0 N–H and O–H groups in total. The van der Waals surface area contributed by atoms with Crippen LogP contribution < -0.4 is 4.74 Å². The average Bonchev–Trinajstić information content (AvgIpc) is 2.55. The van der Waals surface area contributed by atoms with Gasteiger partial charge in [-0.3, -0.25) is 4.79 Å². The fourth-order valence-electron chi connectivity index (χ4n) is 3.04. The van der Waals surface area contributed by atoms with Crippen LogP contribution in [0.3, 0.4) is 0 Å². The first-order valence-electron chi connectivity index (χ1n) is 8.05. The Balaban J connectivity index is 2.02. The van der Waals surface area contributed by atoms with Gasteiger partial charge in [0, 0.05) is 18.7 Å². The van der Waals surface area contributed by atoms with E-state index in [2.05, 4.69) is 11.3 Å². The quantitative estimate of drug-likeness (QED) is 0.692. The van der Waals surface area contributed by atoms with Crippen molar-refractivity contribution >= 4 is 5.91 Å². The van der Waals surface area contributed by atoms with Gasteiger partial charge < -0.3 is 9.64 Å². The number of rotatable bonds is 7. The molecule has 1 aromatic carbocycles. The Labute approximate surface area is 135 Å². The van der Waals surface area contributed by atoms with E-state index >= 15 is 0 Å². The minimum atomic E-state index is -2.86. The molecule has 2 rings (SSSR count). The highest BCUT2D eigenvalue weighted by Gasteiger charge is 2.21. The van der Waals surface area contributed by atoms with Crippen LogP contribution in [-0.2, 0) is 0 Å². The first kappa shape index (κ1) is 17.4. The molecule has 0 aromatic heterocycles. The van der Waals surface area contributed by atoms with Crippen molar-refractivity contribution in [2.75, 3.05) is 13.1 Å². The Morgan fingerprint density at radius 1 is 1.26 bits per heavy atom. The summed E-state index contributed by atoms with van der Waals surface area (Å²) in [6.07, 6.45) is 7.75. The second kappa shape index (κ2) is 8.65. The van der Waals surface area contributed by atoms with E-state index in [1.807, 2.05) is 0 Å². The summed E-state index contributed by atoms with van der Waals surface area (Å²) in [6, 6.07) is 5.84. The largest absolute Gasteiger partial charge is 0.435 e. The van der Waals surface area contributed by atoms with Crippen molar-refractivity contribution in [3.63, 3.8) is 0 Å². The lowest BCUT2D eigenvalue weighted by Gasteiger charge is -2.29. The zero-order chi connectivity index (χ0) is 16.7. The average molecular weight is 323 g/mol. The summed E-state index contributed by atoms with van der Waals surface area (Å²) in [5.41, 5.74) is 0.476. The molecule has 1 aromatic rings. The Morgan fingerprint density at radius 3 is 2.48 bits per heavy atom. The van der Waals surface area contributed by atoms with Crippen molar-refractivity contribution in [2.24, 2.45) is 5.92 Å². The molecular weight excluding hydrogens is 300 g/mol. The number of halogens is 2. The van der Waals surface area contributed by atoms with Gasteiger partial charge in [0.25, 0.3) is 5.91 Å². The summed E-state index contributed by atoms with van der Waals surface area (Å²) >= 11 is 0. The van der Waals surface area contributed by atoms with E-state index in [9.17, 15) is 13.6 Å². The third-order valence-electron chi connectivity index (χ3n) is 4.17. The molecule has 0 unspecified atom stereocenters. The van der Waals surface area contributed by atoms with Crippen molar-refractivity contribution in [2.45, 2.75) is 38.7 Å². The monoisotopic (exact) mass is 323 g/mol. The van der Waals surface area contributed by atoms with Crippen LogP contribution in [0.1, 0.15) is 42.5 Å². The SMILES string of the molecule is C=CCN(CC1CCCCC1)C(=O)c1ccc(OC(F)F)cc1. The van der Waals surface area contributed by atoms with Gasteiger partial charge in [0.1, 0.15) is 5.75 Å². The second-order valence-electron chi connectivity index (χ2n) is 5.91. The number of hydrogen-bond acceptors (Lipinski definition) is 2. The molecule has 0 bridgehead atoms. The zero-order valence-corrected chi connectivity index (χ0v) is 13.2. The Kier molecular flexibility index (Phi) is 6.56. The molecule has 1 aliphatic carbocycles. The minimum absolute atomic E-state index is 0.0547. The molecule has 5 heteroatoms. The van der Waals surface area contributed by atoms with Gasteiger partial charge in [0.2, 0.25) is 0 Å². The molecule has 0 saturated heterocycles. The van der Waals surface area contributed by atoms with Crippen molar-refractivity contribution in [1.82, 2.24) is 4.90 Å². The fraction of sp³-hybridized carbons (Fsp3) is 0.500. The van der Waals surface area contributed by atoms with Gasteiger partial charge in [-0.2, -0.15) is 8.78 Å². The van der Waals surface area contributed by atoms with E-state index < -0.39 is 6.61 Å². The number of nitrogens with zero attached hydrogens (tertiary/aromatic N) is 1. The zero-order valence-electron chi connectivity index (χ0n) is 13.2. The molecule has 0 heterocycles. The van der Waals surface area contributed by atoms with Crippen LogP contribution in [-0.4, -0.2) is 30.5 Å². The van der Waals surface area contributed by atoms with E-state index in [0.29, 0.717) is 18.0 Å². The fourth-order valence-corrected chi connectivity index (χ4v) is 3.04. The highest BCUT2D eigenvalue weighted by Crippen LogP contribution is 2.25. The normalized spacial score (nSPS) is 15.4. The predicted molar refractivity (Wildman–Crippen MR) is 85.7 cm³/mol. The summed E-state index contributed by atoms with van der Waals surface area (Å²) < 4.78 is 28.6. The molecule has 0 radical (unpaired) electrons. The van der Waals surface area contributed by atoms with Crippen molar-refractivity contribution in [1.29, 1.82) is 0 Å². The van der Waals surface area contributed by atoms with Crippen LogP contribution in [0.4, 0.5) is 8.78 Å². The number of hydrogen-bond donors (Lipinski definition) is 0. The predicted octanol–water partition coefficient (Wildman–Crippen LogP) is 4.50. The van der Waals surface area contributed by atoms with E-state index in [0.717, 1.165) is 19.4 Å².